The Balaban J connectivity index is 1.74. The molecule has 2 amide bonds. The van der Waals surface area contributed by atoms with E-state index in [-0.39, 0.29) is 23.6 Å². The molecule has 3 rings (SSSR count). The van der Waals surface area contributed by atoms with Gasteiger partial charge in [-0.15, -0.1) is 0 Å². The van der Waals surface area contributed by atoms with Crippen LogP contribution in [-0.2, 0) is 0 Å². The summed E-state index contributed by atoms with van der Waals surface area (Å²) in [5.41, 5.74) is 3.06. The summed E-state index contributed by atoms with van der Waals surface area (Å²) in [6, 6.07) is 18.0. The molecule has 0 saturated carbocycles. The van der Waals surface area contributed by atoms with Crippen LogP contribution in [0, 0.1) is 6.92 Å². The third-order valence-electron chi connectivity index (χ3n) is 4.51. The van der Waals surface area contributed by atoms with Gasteiger partial charge in [0.15, 0.2) is 0 Å². The zero-order valence-corrected chi connectivity index (χ0v) is 16.6. The fourth-order valence-corrected chi connectivity index (χ4v) is 2.91. The van der Waals surface area contributed by atoms with E-state index in [4.69, 9.17) is 4.74 Å². The molecule has 0 radical (unpaired) electrons. The Kier molecular flexibility index (Phi) is 6.24. The van der Waals surface area contributed by atoms with E-state index in [0.717, 1.165) is 11.1 Å². The molecule has 0 fully saturated rings. The quantitative estimate of drug-likeness (QED) is 0.664. The molecule has 29 heavy (non-hydrogen) atoms. The van der Waals surface area contributed by atoms with Crippen molar-refractivity contribution in [2.75, 3.05) is 12.4 Å². The molecule has 0 aliphatic heterocycles. The lowest BCUT2D eigenvalue weighted by Gasteiger charge is -2.14. The first-order valence-corrected chi connectivity index (χ1v) is 9.26. The second-order valence-electron chi connectivity index (χ2n) is 6.69. The van der Waals surface area contributed by atoms with Crippen molar-refractivity contribution in [3.8, 4) is 5.75 Å². The third kappa shape index (κ3) is 4.99. The van der Waals surface area contributed by atoms with E-state index >= 15 is 0 Å². The fourth-order valence-electron chi connectivity index (χ4n) is 2.91. The molecule has 6 heteroatoms. The van der Waals surface area contributed by atoms with Crippen molar-refractivity contribution in [1.29, 1.82) is 0 Å². The van der Waals surface area contributed by atoms with Gasteiger partial charge in [0.1, 0.15) is 11.4 Å². The highest BCUT2D eigenvalue weighted by Gasteiger charge is 2.16. The molecule has 0 aliphatic rings. The largest absolute Gasteiger partial charge is 0.495 e. The smallest absolute Gasteiger partial charge is 0.270 e. The summed E-state index contributed by atoms with van der Waals surface area (Å²) in [4.78, 5) is 29.4. The summed E-state index contributed by atoms with van der Waals surface area (Å²) in [7, 11) is 1.54. The molecule has 1 aromatic heterocycles. The number of aryl methyl sites for hydroxylation is 1. The Labute approximate surface area is 169 Å². The molecule has 1 heterocycles. The van der Waals surface area contributed by atoms with Gasteiger partial charge in [0.25, 0.3) is 11.8 Å². The van der Waals surface area contributed by atoms with Crippen molar-refractivity contribution in [1.82, 2.24) is 10.3 Å². The van der Waals surface area contributed by atoms with Crippen LogP contribution in [0.15, 0.2) is 66.9 Å². The minimum atomic E-state index is -0.346. The maximum Gasteiger partial charge on any atom is 0.270 e. The highest BCUT2D eigenvalue weighted by atomic mass is 16.5. The number of methoxy groups -OCH3 is 1. The first-order valence-electron chi connectivity index (χ1n) is 9.26. The summed E-state index contributed by atoms with van der Waals surface area (Å²) in [5.74, 6) is -0.127. The standard InChI is InChI=1S/C23H23N3O3/c1-15-9-10-21(29-3)19(13-15)26-22(27)18-11-12-24-20(14-18)23(28)25-16(2)17-7-5-4-6-8-17/h4-14,16H,1-3H3,(H,25,28)(H,26,27). The Morgan fingerprint density at radius 3 is 2.48 bits per heavy atom. The van der Waals surface area contributed by atoms with Crippen molar-refractivity contribution in [2.24, 2.45) is 0 Å². The topological polar surface area (TPSA) is 80.3 Å². The lowest BCUT2D eigenvalue weighted by atomic mass is 10.1. The van der Waals surface area contributed by atoms with Crippen LogP contribution in [0.1, 0.15) is 44.9 Å². The molecule has 0 bridgehead atoms. The van der Waals surface area contributed by atoms with Crippen LogP contribution >= 0.6 is 0 Å². The highest BCUT2D eigenvalue weighted by molar-refractivity contribution is 6.06. The number of anilines is 1. The van der Waals surface area contributed by atoms with Crippen LogP contribution in [-0.4, -0.2) is 23.9 Å². The van der Waals surface area contributed by atoms with Crippen LogP contribution in [0.25, 0.3) is 0 Å². The van der Waals surface area contributed by atoms with E-state index in [0.29, 0.717) is 17.0 Å². The number of carbonyl (C=O) groups excluding carboxylic acids is 2. The molecule has 1 unspecified atom stereocenters. The van der Waals surface area contributed by atoms with Gasteiger partial charge in [0, 0.05) is 11.8 Å². The number of amides is 2. The first kappa shape index (κ1) is 20.1. The average molecular weight is 389 g/mol. The molecule has 148 valence electrons. The summed E-state index contributed by atoms with van der Waals surface area (Å²) in [5, 5.41) is 5.73. The van der Waals surface area contributed by atoms with Gasteiger partial charge in [-0.1, -0.05) is 36.4 Å². The van der Waals surface area contributed by atoms with E-state index in [1.54, 1.807) is 19.2 Å². The Hall–Kier alpha value is -3.67. The van der Waals surface area contributed by atoms with Gasteiger partial charge in [-0.2, -0.15) is 0 Å². The zero-order chi connectivity index (χ0) is 20.8. The van der Waals surface area contributed by atoms with E-state index in [9.17, 15) is 9.59 Å². The van der Waals surface area contributed by atoms with Gasteiger partial charge in [0.05, 0.1) is 18.8 Å². The lowest BCUT2D eigenvalue weighted by molar-refractivity contribution is 0.0935. The first-order chi connectivity index (χ1) is 14.0. The summed E-state index contributed by atoms with van der Waals surface area (Å²) >= 11 is 0. The number of rotatable bonds is 6. The molecule has 0 spiro atoms. The normalized spacial score (nSPS) is 11.4. The number of ether oxygens (including phenoxy) is 1. The van der Waals surface area contributed by atoms with Crippen molar-refractivity contribution >= 4 is 17.5 Å². The Morgan fingerprint density at radius 1 is 1.00 bits per heavy atom. The molecule has 0 saturated heterocycles. The number of hydrogen-bond donors (Lipinski definition) is 2. The van der Waals surface area contributed by atoms with Crippen LogP contribution in [0.4, 0.5) is 5.69 Å². The molecule has 0 aliphatic carbocycles. The zero-order valence-electron chi connectivity index (χ0n) is 16.6. The molecular weight excluding hydrogens is 366 g/mol. The predicted octanol–water partition coefficient (Wildman–Crippen LogP) is 4.14. The van der Waals surface area contributed by atoms with Gasteiger partial charge in [-0.05, 0) is 49.2 Å². The number of carbonyl (C=O) groups is 2. The van der Waals surface area contributed by atoms with Crippen LogP contribution in [0.2, 0.25) is 0 Å². The van der Waals surface area contributed by atoms with Gasteiger partial charge in [0.2, 0.25) is 0 Å². The van der Waals surface area contributed by atoms with Gasteiger partial charge in [-0.25, -0.2) is 0 Å². The number of hydrogen-bond acceptors (Lipinski definition) is 4. The minimum Gasteiger partial charge on any atom is -0.495 e. The van der Waals surface area contributed by atoms with E-state index in [1.807, 2.05) is 56.3 Å². The summed E-state index contributed by atoms with van der Waals surface area (Å²) < 4.78 is 5.29. The van der Waals surface area contributed by atoms with Gasteiger partial charge in [-0.3, -0.25) is 14.6 Å². The lowest BCUT2D eigenvalue weighted by Crippen LogP contribution is -2.27. The third-order valence-corrected chi connectivity index (χ3v) is 4.51. The van der Waals surface area contributed by atoms with Crippen LogP contribution in [0.3, 0.4) is 0 Å². The van der Waals surface area contributed by atoms with Crippen LogP contribution < -0.4 is 15.4 Å². The number of benzene rings is 2. The number of pyridine rings is 1. The van der Waals surface area contributed by atoms with Crippen molar-refractivity contribution in [3.63, 3.8) is 0 Å². The van der Waals surface area contributed by atoms with Crippen molar-refractivity contribution in [3.05, 3.63) is 89.2 Å². The molecular formula is C23H23N3O3. The minimum absolute atomic E-state index is 0.177. The molecule has 2 aromatic carbocycles. The monoisotopic (exact) mass is 389 g/mol. The molecule has 3 aromatic rings. The van der Waals surface area contributed by atoms with Crippen molar-refractivity contribution in [2.45, 2.75) is 19.9 Å². The van der Waals surface area contributed by atoms with Crippen molar-refractivity contribution < 1.29 is 14.3 Å². The highest BCUT2D eigenvalue weighted by Crippen LogP contribution is 2.25. The predicted molar refractivity (Wildman–Crippen MR) is 112 cm³/mol. The second-order valence-corrected chi connectivity index (χ2v) is 6.69. The maximum absolute atomic E-state index is 12.7. The average Bonchev–Trinajstić information content (AvgIpc) is 2.74. The number of nitrogens with one attached hydrogen (secondary N) is 2. The Bertz CT molecular complexity index is 1020. The SMILES string of the molecule is COc1ccc(C)cc1NC(=O)c1ccnc(C(=O)NC(C)c2ccccc2)c1. The molecule has 2 N–H and O–H groups in total. The summed E-state index contributed by atoms with van der Waals surface area (Å²) in [6.45, 7) is 3.83. The fraction of sp³-hybridized carbons (Fsp3) is 0.174. The molecule has 1 atom stereocenters. The van der Waals surface area contributed by atoms with E-state index < -0.39 is 0 Å². The Morgan fingerprint density at radius 2 is 1.76 bits per heavy atom. The second kappa shape index (κ2) is 9.01. The number of aromatic nitrogens is 1. The number of nitrogens with zero attached hydrogens (tertiary/aromatic N) is 1. The maximum atomic E-state index is 12.7. The summed E-state index contributed by atoms with van der Waals surface area (Å²) in [6.07, 6.45) is 1.45. The van der Waals surface area contributed by atoms with Gasteiger partial charge < -0.3 is 15.4 Å². The molecule has 6 nitrogen and oxygen atoms in total. The van der Waals surface area contributed by atoms with Gasteiger partial charge >= 0.3 is 0 Å². The van der Waals surface area contributed by atoms with Crippen LogP contribution in [0.5, 0.6) is 5.75 Å². The van der Waals surface area contributed by atoms with E-state index in [2.05, 4.69) is 15.6 Å². The van der Waals surface area contributed by atoms with E-state index in [1.165, 1.54) is 12.3 Å².